The molecule has 3 fully saturated rings. The average molecular weight is 281 g/mol. The van der Waals surface area contributed by atoms with Gasteiger partial charge in [0.2, 0.25) is 5.91 Å². The van der Waals surface area contributed by atoms with Gasteiger partial charge < -0.3 is 14.4 Å². The van der Waals surface area contributed by atoms with Crippen molar-refractivity contribution >= 4 is 11.9 Å². The maximum Gasteiger partial charge on any atom is 0.310 e. The van der Waals surface area contributed by atoms with Crippen LogP contribution in [0, 0.1) is 17.3 Å². The zero-order valence-electron chi connectivity index (χ0n) is 12.1. The molecule has 5 nitrogen and oxygen atoms in total. The van der Waals surface area contributed by atoms with Gasteiger partial charge in [0, 0.05) is 24.4 Å². The van der Waals surface area contributed by atoms with Crippen molar-refractivity contribution in [2.75, 3.05) is 32.9 Å². The SMILES string of the molecule is CC1(COC(=O)[C@@H]2CCCN(C(=O)C3CC3)C2)COC1. The second-order valence-corrected chi connectivity index (χ2v) is 6.81. The lowest BCUT2D eigenvalue weighted by Gasteiger charge is -2.38. The molecule has 1 aliphatic carbocycles. The molecule has 5 heteroatoms. The number of rotatable bonds is 4. The molecule has 0 aromatic heterocycles. The number of carbonyl (C=O) groups excluding carboxylic acids is 2. The topological polar surface area (TPSA) is 55.8 Å². The Morgan fingerprint density at radius 3 is 2.60 bits per heavy atom. The Kier molecular flexibility index (Phi) is 3.71. The molecule has 0 aromatic carbocycles. The quantitative estimate of drug-likeness (QED) is 0.727. The zero-order valence-corrected chi connectivity index (χ0v) is 12.1. The Bertz CT molecular complexity index is 401. The molecule has 0 aromatic rings. The summed E-state index contributed by atoms with van der Waals surface area (Å²) in [5, 5.41) is 0. The fourth-order valence-electron chi connectivity index (χ4n) is 2.86. The van der Waals surface area contributed by atoms with Gasteiger partial charge in [-0.05, 0) is 25.7 Å². The molecule has 3 rings (SSSR count). The van der Waals surface area contributed by atoms with E-state index >= 15 is 0 Å². The summed E-state index contributed by atoms with van der Waals surface area (Å²) in [4.78, 5) is 26.1. The highest BCUT2D eigenvalue weighted by atomic mass is 16.5. The number of esters is 1. The summed E-state index contributed by atoms with van der Waals surface area (Å²) in [6.07, 6.45) is 3.77. The highest BCUT2D eigenvalue weighted by Gasteiger charge is 2.39. The standard InChI is InChI=1S/C15H23NO4/c1-15(8-19-9-15)10-20-14(18)12-3-2-6-16(7-12)13(17)11-4-5-11/h11-12H,2-10H2,1H3/t12-/m1/s1. The molecule has 2 heterocycles. The van der Waals surface area contributed by atoms with E-state index in [1.54, 1.807) is 0 Å². The molecule has 0 N–H and O–H groups in total. The maximum atomic E-state index is 12.1. The highest BCUT2D eigenvalue weighted by molar-refractivity contribution is 5.82. The van der Waals surface area contributed by atoms with Gasteiger partial charge in [0.1, 0.15) is 6.61 Å². The molecule has 3 aliphatic rings. The number of nitrogens with zero attached hydrogens (tertiary/aromatic N) is 1. The Morgan fingerprint density at radius 2 is 2.00 bits per heavy atom. The van der Waals surface area contributed by atoms with Crippen LogP contribution in [0.25, 0.3) is 0 Å². The number of amides is 1. The third kappa shape index (κ3) is 2.97. The molecular weight excluding hydrogens is 258 g/mol. The first-order chi connectivity index (χ1) is 9.57. The zero-order chi connectivity index (χ0) is 14.2. The molecule has 20 heavy (non-hydrogen) atoms. The van der Waals surface area contributed by atoms with Crippen LogP contribution < -0.4 is 0 Å². The van der Waals surface area contributed by atoms with Crippen molar-refractivity contribution in [3.8, 4) is 0 Å². The fraction of sp³-hybridized carbons (Fsp3) is 0.867. The summed E-state index contributed by atoms with van der Waals surface area (Å²) in [5.41, 5.74) is -0.00611. The summed E-state index contributed by atoms with van der Waals surface area (Å²) in [7, 11) is 0. The first-order valence-electron chi connectivity index (χ1n) is 7.61. The van der Waals surface area contributed by atoms with Crippen molar-refractivity contribution in [2.45, 2.75) is 32.6 Å². The van der Waals surface area contributed by atoms with E-state index in [1.165, 1.54) is 0 Å². The van der Waals surface area contributed by atoms with Gasteiger partial charge in [-0.15, -0.1) is 0 Å². The molecule has 112 valence electrons. The number of ether oxygens (including phenoxy) is 2. The van der Waals surface area contributed by atoms with E-state index < -0.39 is 0 Å². The second kappa shape index (κ2) is 5.35. The number of piperidine rings is 1. The van der Waals surface area contributed by atoms with Gasteiger partial charge in [0.25, 0.3) is 0 Å². The summed E-state index contributed by atoms with van der Waals surface area (Å²) in [6.45, 7) is 5.16. The van der Waals surface area contributed by atoms with E-state index in [0.29, 0.717) is 26.4 Å². The monoisotopic (exact) mass is 281 g/mol. The Hall–Kier alpha value is -1.10. The van der Waals surface area contributed by atoms with E-state index in [0.717, 1.165) is 32.2 Å². The van der Waals surface area contributed by atoms with Gasteiger partial charge in [0.05, 0.1) is 19.1 Å². The normalized spacial score (nSPS) is 28.6. The summed E-state index contributed by atoms with van der Waals surface area (Å²) in [6, 6.07) is 0. The molecule has 0 bridgehead atoms. The van der Waals surface area contributed by atoms with Crippen LogP contribution in [0.3, 0.4) is 0 Å². The Balaban J connectivity index is 1.48. The van der Waals surface area contributed by atoms with Crippen LogP contribution in [0.1, 0.15) is 32.6 Å². The summed E-state index contributed by atoms with van der Waals surface area (Å²) in [5.74, 6) is 0.181. The minimum Gasteiger partial charge on any atom is -0.465 e. The van der Waals surface area contributed by atoms with Crippen LogP contribution in [0.5, 0.6) is 0 Å². The highest BCUT2D eigenvalue weighted by Crippen LogP contribution is 2.33. The van der Waals surface area contributed by atoms with Crippen molar-refractivity contribution in [3.05, 3.63) is 0 Å². The van der Waals surface area contributed by atoms with E-state index in [9.17, 15) is 9.59 Å². The molecule has 0 unspecified atom stereocenters. The van der Waals surface area contributed by atoms with E-state index in [4.69, 9.17) is 9.47 Å². The molecule has 2 saturated heterocycles. The van der Waals surface area contributed by atoms with Crippen LogP contribution in [0.15, 0.2) is 0 Å². The van der Waals surface area contributed by atoms with Crippen molar-refractivity contribution < 1.29 is 19.1 Å². The fourth-order valence-corrected chi connectivity index (χ4v) is 2.86. The predicted octanol–water partition coefficient (Wildman–Crippen LogP) is 1.21. The second-order valence-electron chi connectivity index (χ2n) is 6.81. The van der Waals surface area contributed by atoms with Gasteiger partial charge in [-0.25, -0.2) is 0 Å². The molecule has 0 spiro atoms. The van der Waals surface area contributed by atoms with Gasteiger partial charge >= 0.3 is 5.97 Å². The Labute approximate surface area is 119 Å². The minimum absolute atomic E-state index is 0.00611. The van der Waals surface area contributed by atoms with Crippen molar-refractivity contribution in [1.29, 1.82) is 0 Å². The van der Waals surface area contributed by atoms with Gasteiger partial charge in [-0.1, -0.05) is 6.92 Å². The largest absolute Gasteiger partial charge is 0.465 e. The first kappa shape index (κ1) is 13.9. The van der Waals surface area contributed by atoms with Crippen LogP contribution in [0.4, 0.5) is 0 Å². The van der Waals surface area contributed by atoms with Crippen molar-refractivity contribution in [3.63, 3.8) is 0 Å². The van der Waals surface area contributed by atoms with Crippen molar-refractivity contribution in [2.24, 2.45) is 17.3 Å². The lowest BCUT2D eigenvalue weighted by atomic mass is 9.90. The van der Waals surface area contributed by atoms with Crippen LogP contribution >= 0.6 is 0 Å². The van der Waals surface area contributed by atoms with Gasteiger partial charge in [-0.2, -0.15) is 0 Å². The van der Waals surface area contributed by atoms with Crippen LogP contribution in [-0.4, -0.2) is 49.7 Å². The molecule has 2 aliphatic heterocycles. The van der Waals surface area contributed by atoms with Gasteiger partial charge in [-0.3, -0.25) is 9.59 Å². The third-order valence-electron chi connectivity index (χ3n) is 4.46. The van der Waals surface area contributed by atoms with E-state index in [1.807, 2.05) is 4.90 Å². The van der Waals surface area contributed by atoms with Crippen LogP contribution in [-0.2, 0) is 19.1 Å². The third-order valence-corrected chi connectivity index (χ3v) is 4.46. The maximum absolute atomic E-state index is 12.1. The smallest absolute Gasteiger partial charge is 0.310 e. The first-order valence-corrected chi connectivity index (χ1v) is 7.61. The predicted molar refractivity (Wildman–Crippen MR) is 71.9 cm³/mol. The van der Waals surface area contributed by atoms with E-state index in [-0.39, 0.29) is 29.1 Å². The minimum atomic E-state index is -0.147. The average Bonchev–Trinajstić information content (AvgIpc) is 3.26. The number of hydrogen-bond donors (Lipinski definition) is 0. The number of likely N-dealkylation sites (tertiary alicyclic amines) is 1. The Morgan fingerprint density at radius 1 is 1.25 bits per heavy atom. The molecule has 1 amide bonds. The summed E-state index contributed by atoms with van der Waals surface area (Å²) >= 11 is 0. The van der Waals surface area contributed by atoms with Crippen molar-refractivity contribution in [1.82, 2.24) is 4.90 Å². The number of carbonyl (C=O) groups is 2. The van der Waals surface area contributed by atoms with Gasteiger partial charge in [0.15, 0.2) is 0 Å². The summed E-state index contributed by atoms with van der Waals surface area (Å²) < 4.78 is 10.6. The molecule has 1 saturated carbocycles. The lowest BCUT2D eigenvalue weighted by Crippen LogP contribution is -2.46. The number of hydrogen-bond acceptors (Lipinski definition) is 4. The van der Waals surface area contributed by atoms with Crippen LogP contribution in [0.2, 0.25) is 0 Å². The molecule has 1 atom stereocenters. The molecular formula is C15H23NO4. The molecule has 0 radical (unpaired) electrons. The lowest BCUT2D eigenvalue weighted by molar-refractivity contribution is -0.170. The van der Waals surface area contributed by atoms with E-state index in [2.05, 4.69) is 6.92 Å².